The van der Waals surface area contributed by atoms with E-state index < -0.39 is 11.6 Å². The molecule has 2 heterocycles. The Kier molecular flexibility index (Phi) is 10.4. The van der Waals surface area contributed by atoms with Crippen LogP contribution < -0.4 is 15.4 Å². The molecule has 0 unspecified atom stereocenters. The molecule has 0 saturated carbocycles. The highest BCUT2D eigenvalue weighted by Gasteiger charge is 2.09. The van der Waals surface area contributed by atoms with E-state index >= 15 is 0 Å². The number of phenols is 1. The molecule has 242 valence electrons. The van der Waals surface area contributed by atoms with Crippen molar-refractivity contribution in [3.63, 3.8) is 0 Å². The molecule has 10 heteroatoms. The number of anilines is 4. The first-order valence-electron chi connectivity index (χ1n) is 15.2. The van der Waals surface area contributed by atoms with Gasteiger partial charge in [0.05, 0.1) is 0 Å². The molecule has 0 atom stereocenters. The summed E-state index contributed by atoms with van der Waals surface area (Å²) in [5, 5.41) is 15.4. The minimum Gasteiger partial charge on any atom is -0.505 e. The predicted molar refractivity (Wildman–Crippen MR) is 187 cm³/mol. The number of nitrogens with zero attached hydrogens (tertiary/aromatic N) is 4. The monoisotopic (exact) mass is 652 g/mol. The van der Waals surface area contributed by atoms with Crippen LogP contribution in [0.4, 0.5) is 32.1 Å². The van der Waals surface area contributed by atoms with Crippen LogP contribution in [0, 0.1) is 11.6 Å². The second kappa shape index (κ2) is 15.7. The molecule has 3 N–H and O–H groups in total. The van der Waals surface area contributed by atoms with Crippen molar-refractivity contribution in [2.75, 3.05) is 10.6 Å². The Morgan fingerprint density at radius 2 is 0.959 bits per heavy atom. The lowest BCUT2D eigenvalue weighted by molar-refractivity contribution is 0.290. The Balaban J connectivity index is 0.000000177. The van der Waals surface area contributed by atoms with Crippen LogP contribution in [-0.4, -0.2) is 25.0 Å². The second-order valence-electron chi connectivity index (χ2n) is 10.7. The van der Waals surface area contributed by atoms with Gasteiger partial charge in [-0.25, -0.2) is 28.7 Å². The molecule has 49 heavy (non-hydrogen) atoms. The quantitative estimate of drug-likeness (QED) is 0.142. The summed E-state index contributed by atoms with van der Waals surface area (Å²) in [6.45, 7) is 0.320. The highest BCUT2D eigenvalue weighted by Crippen LogP contribution is 2.27. The maximum atomic E-state index is 14.4. The lowest BCUT2D eigenvalue weighted by Gasteiger charge is -2.09. The molecule has 0 saturated heterocycles. The first-order valence-corrected chi connectivity index (χ1v) is 15.2. The van der Waals surface area contributed by atoms with Gasteiger partial charge in [-0.3, -0.25) is 0 Å². The maximum Gasteiger partial charge on any atom is 0.227 e. The van der Waals surface area contributed by atoms with Gasteiger partial charge >= 0.3 is 0 Å². The minimum atomic E-state index is -0.668. The highest BCUT2D eigenvalue weighted by molar-refractivity contribution is 5.65. The van der Waals surface area contributed by atoms with E-state index in [1.165, 1.54) is 18.2 Å². The average molecular weight is 653 g/mol. The van der Waals surface area contributed by atoms with Gasteiger partial charge in [0.2, 0.25) is 11.9 Å². The summed E-state index contributed by atoms with van der Waals surface area (Å²) in [5.74, 6) is -0.292. The fraction of sp³-hybridized carbons (Fsp3) is 0.0256. The summed E-state index contributed by atoms with van der Waals surface area (Å²) in [6.07, 6.45) is 6.53. The van der Waals surface area contributed by atoms with Gasteiger partial charge < -0.3 is 20.5 Å². The third kappa shape index (κ3) is 8.99. The third-order valence-corrected chi connectivity index (χ3v) is 7.15. The van der Waals surface area contributed by atoms with Gasteiger partial charge in [-0.15, -0.1) is 0 Å². The topological polar surface area (TPSA) is 105 Å². The maximum absolute atomic E-state index is 14.4. The van der Waals surface area contributed by atoms with Gasteiger partial charge in [-0.05, 0) is 65.2 Å². The van der Waals surface area contributed by atoms with Gasteiger partial charge in [-0.2, -0.15) is 0 Å². The van der Waals surface area contributed by atoms with Gasteiger partial charge in [0.25, 0.3) is 0 Å². The summed E-state index contributed by atoms with van der Waals surface area (Å²) in [4.78, 5) is 17.0. The molecule has 7 rings (SSSR count). The number of aromatic hydroxyl groups is 1. The van der Waals surface area contributed by atoms with E-state index in [9.17, 15) is 13.9 Å². The number of ether oxygens (including phenoxy) is 1. The Hall–Kier alpha value is -6.68. The van der Waals surface area contributed by atoms with Crippen molar-refractivity contribution >= 4 is 23.3 Å². The second-order valence-corrected chi connectivity index (χ2v) is 10.7. The molecule has 0 aliphatic carbocycles. The fourth-order valence-corrected chi connectivity index (χ4v) is 4.60. The summed E-state index contributed by atoms with van der Waals surface area (Å²) in [6, 6.07) is 37.9. The first kappa shape index (κ1) is 32.3. The molecule has 0 aliphatic rings. The zero-order valence-corrected chi connectivity index (χ0v) is 26.0. The van der Waals surface area contributed by atoms with Crippen LogP contribution in [0.2, 0.25) is 0 Å². The molecule has 8 nitrogen and oxygen atoms in total. The van der Waals surface area contributed by atoms with E-state index in [0.717, 1.165) is 22.5 Å². The fourth-order valence-electron chi connectivity index (χ4n) is 4.60. The summed E-state index contributed by atoms with van der Waals surface area (Å²) in [7, 11) is 0. The number of hydrogen-bond donors (Lipinski definition) is 3. The standard InChI is InChI=1S/C23H18FN3O.C16H12FN3O/c24-21-13-18(11-12-22(21)28-16-17-7-3-1-4-8-17)19-14-25-23(26-15-19)27-20-9-5-2-6-10-20;17-14-8-11(6-7-15(14)21)12-9-18-16(19-10-12)20-13-4-2-1-3-5-13/h1-15H,16H2,(H,25,26,27);1-10,21H,(H,18,19,20). The zero-order valence-electron chi connectivity index (χ0n) is 26.0. The zero-order chi connectivity index (χ0) is 33.8. The average Bonchev–Trinajstić information content (AvgIpc) is 3.14. The lowest BCUT2D eigenvalue weighted by Crippen LogP contribution is -1.98. The number of aromatic nitrogens is 4. The van der Waals surface area contributed by atoms with E-state index in [1.54, 1.807) is 43.0 Å². The van der Waals surface area contributed by atoms with Crippen LogP contribution in [0.1, 0.15) is 5.56 Å². The molecule has 0 amide bonds. The van der Waals surface area contributed by atoms with Crippen molar-refractivity contribution in [1.82, 2.24) is 19.9 Å². The van der Waals surface area contributed by atoms with Crippen molar-refractivity contribution in [2.45, 2.75) is 6.61 Å². The van der Waals surface area contributed by atoms with E-state index in [4.69, 9.17) is 4.74 Å². The lowest BCUT2D eigenvalue weighted by atomic mass is 10.1. The van der Waals surface area contributed by atoms with Crippen LogP contribution in [0.15, 0.2) is 152 Å². The summed E-state index contributed by atoms with van der Waals surface area (Å²) < 4.78 is 33.3. The van der Waals surface area contributed by atoms with Crippen LogP contribution >= 0.6 is 0 Å². The highest BCUT2D eigenvalue weighted by atomic mass is 19.1. The number of para-hydroxylation sites is 2. The van der Waals surface area contributed by atoms with Gasteiger partial charge in [0, 0.05) is 47.3 Å². The molecule has 7 aromatic rings. The van der Waals surface area contributed by atoms with Gasteiger partial charge in [0.15, 0.2) is 23.1 Å². The van der Waals surface area contributed by atoms with Crippen LogP contribution in [0.5, 0.6) is 11.5 Å². The Labute approximate surface area is 281 Å². The number of hydrogen-bond acceptors (Lipinski definition) is 8. The molecular formula is C39H30F2N6O2. The summed E-state index contributed by atoms with van der Waals surface area (Å²) >= 11 is 0. The van der Waals surface area contributed by atoms with E-state index in [2.05, 4.69) is 30.6 Å². The third-order valence-electron chi connectivity index (χ3n) is 7.15. The number of nitrogens with one attached hydrogen (secondary N) is 2. The number of benzene rings is 5. The molecule has 0 spiro atoms. The predicted octanol–water partition coefficient (Wildman–Crippen LogP) is 9.34. The Bertz CT molecular complexity index is 2090. The molecule has 0 bridgehead atoms. The van der Waals surface area contributed by atoms with Crippen molar-refractivity contribution < 1.29 is 18.6 Å². The normalized spacial score (nSPS) is 10.4. The number of halogens is 2. The SMILES string of the molecule is Fc1cc(-c2cnc(Nc3ccccc3)nc2)ccc1OCc1ccccc1.Oc1ccc(-c2cnc(Nc3ccccc3)nc2)cc1F. The van der Waals surface area contributed by atoms with Crippen molar-refractivity contribution in [3.8, 4) is 33.8 Å². The Morgan fingerprint density at radius 1 is 0.510 bits per heavy atom. The van der Waals surface area contributed by atoms with Crippen molar-refractivity contribution in [1.29, 1.82) is 0 Å². The number of phenolic OH excluding ortho intramolecular Hbond substituents is 1. The largest absolute Gasteiger partial charge is 0.505 e. The van der Waals surface area contributed by atoms with Crippen LogP contribution in [0.25, 0.3) is 22.3 Å². The first-order chi connectivity index (χ1) is 24.0. The minimum absolute atomic E-state index is 0.218. The van der Waals surface area contributed by atoms with Gasteiger partial charge in [-0.1, -0.05) is 78.9 Å². The van der Waals surface area contributed by atoms with Crippen LogP contribution in [-0.2, 0) is 6.61 Å². The smallest absolute Gasteiger partial charge is 0.227 e. The summed E-state index contributed by atoms with van der Waals surface area (Å²) in [5.41, 5.74) is 5.48. The number of rotatable bonds is 9. The van der Waals surface area contributed by atoms with Crippen molar-refractivity contribution in [2.24, 2.45) is 0 Å². The van der Waals surface area contributed by atoms with Crippen LogP contribution in [0.3, 0.4) is 0 Å². The van der Waals surface area contributed by atoms with Gasteiger partial charge in [0.1, 0.15) is 6.61 Å². The molecule has 2 aromatic heterocycles. The Morgan fingerprint density at radius 3 is 1.43 bits per heavy atom. The molecule has 5 aromatic carbocycles. The molecule has 0 aliphatic heterocycles. The molecule has 0 fully saturated rings. The van der Waals surface area contributed by atoms with E-state index in [0.29, 0.717) is 35.2 Å². The van der Waals surface area contributed by atoms with Crippen molar-refractivity contribution in [3.05, 3.63) is 169 Å². The van der Waals surface area contributed by atoms with E-state index in [-0.39, 0.29) is 11.5 Å². The molecule has 0 radical (unpaired) electrons. The van der Waals surface area contributed by atoms with E-state index in [1.807, 2.05) is 91.0 Å². The molecular weight excluding hydrogens is 622 g/mol.